The van der Waals surface area contributed by atoms with Crippen molar-refractivity contribution in [3.05, 3.63) is 295 Å². The zero-order valence-electron chi connectivity index (χ0n) is 38.7. The van der Waals surface area contributed by atoms with Gasteiger partial charge in [0.25, 0.3) is 0 Å². The molecular formula is C65H59N2. The van der Waals surface area contributed by atoms with E-state index in [2.05, 4.69) is 182 Å². The van der Waals surface area contributed by atoms with Crippen LogP contribution in [0.4, 0.5) is 0 Å². The number of hydrogen-bond donors (Lipinski definition) is 1. The molecule has 0 aromatic heterocycles. The van der Waals surface area contributed by atoms with Crippen LogP contribution in [-0.4, -0.2) is 11.9 Å². The summed E-state index contributed by atoms with van der Waals surface area (Å²) in [7, 11) is 0. The fourth-order valence-electron chi connectivity index (χ4n) is 9.02. The van der Waals surface area contributed by atoms with Crippen molar-refractivity contribution in [2.75, 3.05) is 0 Å². The first-order valence-corrected chi connectivity index (χ1v) is 23.1. The minimum atomic E-state index is -0.0374. The van der Waals surface area contributed by atoms with E-state index in [0.717, 1.165) is 25.7 Å². The highest BCUT2D eigenvalue weighted by Gasteiger charge is 2.45. The van der Waals surface area contributed by atoms with Gasteiger partial charge in [-0.15, -0.1) is 0 Å². The first-order valence-electron chi connectivity index (χ1n) is 23.1. The molecule has 6 aromatic carbocycles. The molecule has 67 heavy (non-hydrogen) atoms. The summed E-state index contributed by atoms with van der Waals surface area (Å²) in [6.45, 7) is 13.5. The van der Waals surface area contributed by atoms with Crippen LogP contribution in [-0.2, 0) is 5.41 Å². The lowest BCUT2D eigenvalue weighted by molar-refractivity contribution is 0.453. The first-order chi connectivity index (χ1) is 33.1. The van der Waals surface area contributed by atoms with Gasteiger partial charge < -0.3 is 5.73 Å². The quantitative estimate of drug-likeness (QED) is 0.0877. The Morgan fingerprint density at radius 2 is 1.18 bits per heavy atom. The van der Waals surface area contributed by atoms with Gasteiger partial charge >= 0.3 is 0 Å². The maximum atomic E-state index is 5.24. The number of benzene rings is 6. The smallest absolute Gasteiger partial charge is 0.0821 e. The van der Waals surface area contributed by atoms with Crippen LogP contribution in [0.2, 0.25) is 0 Å². The third-order valence-corrected chi connectivity index (χ3v) is 12.2. The Labute approximate surface area is 399 Å². The Bertz CT molecular complexity index is 2830. The molecule has 1 radical (unpaired) electrons. The Morgan fingerprint density at radius 3 is 1.69 bits per heavy atom. The Kier molecular flexibility index (Phi) is 18.7. The molecule has 0 fully saturated rings. The molecule has 0 bridgehead atoms. The van der Waals surface area contributed by atoms with E-state index in [1.807, 2.05) is 84.9 Å². The van der Waals surface area contributed by atoms with Crippen LogP contribution in [0.15, 0.2) is 276 Å². The van der Waals surface area contributed by atoms with Gasteiger partial charge in [0.05, 0.1) is 6.04 Å². The highest BCUT2D eigenvalue weighted by atomic mass is 14.7. The molecule has 0 amide bonds. The summed E-state index contributed by atoms with van der Waals surface area (Å²) >= 11 is 0. The third kappa shape index (κ3) is 12.8. The van der Waals surface area contributed by atoms with Crippen molar-refractivity contribution in [2.45, 2.75) is 51.0 Å². The molecular weight excluding hydrogens is 809 g/mol. The summed E-state index contributed by atoms with van der Waals surface area (Å²) in [6.07, 6.45) is 21.8. The van der Waals surface area contributed by atoms with Gasteiger partial charge in [-0.2, -0.15) is 0 Å². The predicted octanol–water partition coefficient (Wildman–Crippen LogP) is 16.1. The zero-order chi connectivity index (χ0) is 46.9. The van der Waals surface area contributed by atoms with Crippen molar-refractivity contribution in [1.82, 2.24) is 0 Å². The van der Waals surface area contributed by atoms with Crippen molar-refractivity contribution >= 4 is 17.0 Å². The topological polar surface area (TPSA) is 38.4 Å². The van der Waals surface area contributed by atoms with Crippen LogP contribution in [0.1, 0.15) is 56.2 Å². The van der Waals surface area contributed by atoms with Gasteiger partial charge in [0, 0.05) is 28.7 Å². The number of rotatable bonds is 9. The lowest BCUT2D eigenvalue weighted by atomic mass is 9.66. The average Bonchev–Trinajstić information content (AvgIpc) is 3.68. The average molecular weight is 868 g/mol. The van der Waals surface area contributed by atoms with Crippen molar-refractivity contribution in [3.8, 4) is 22.3 Å². The summed E-state index contributed by atoms with van der Waals surface area (Å²) < 4.78 is 0. The second-order valence-corrected chi connectivity index (χ2v) is 16.0. The van der Waals surface area contributed by atoms with E-state index in [1.165, 1.54) is 61.9 Å². The minimum absolute atomic E-state index is 0.0118. The molecule has 2 atom stereocenters. The molecule has 0 heterocycles. The van der Waals surface area contributed by atoms with Crippen molar-refractivity contribution < 1.29 is 0 Å². The SMILES string of the molecule is C=C/C=C\C=C/N.[CH]=C=C=C=C=C=NC1C=C(C2CC3=C(C=C2c2ccccc2)c2cc(-c4ccccc4)c(-c4ccccc4)cc2C3(CC)CC)C=CC1.c1ccccc1.c1ccccc1. The molecule has 329 valence electrons. The summed E-state index contributed by atoms with van der Waals surface area (Å²) in [5.41, 5.74) is 30.1. The molecule has 9 rings (SSSR count). The first kappa shape index (κ1) is 48.3. The monoisotopic (exact) mass is 867 g/mol. The van der Waals surface area contributed by atoms with E-state index in [-0.39, 0.29) is 17.4 Å². The van der Waals surface area contributed by atoms with Gasteiger partial charge in [0.15, 0.2) is 0 Å². The maximum absolute atomic E-state index is 5.24. The normalized spacial score (nSPS) is 15.9. The molecule has 2 heteroatoms. The molecule has 2 unspecified atom stereocenters. The van der Waals surface area contributed by atoms with Crippen molar-refractivity contribution in [1.29, 1.82) is 0 Å². The van der Waals surface area contributed by atoms with Gasteiger partial charge in [-0.05, 0) is 124 Å². The molecule has 0 saturated carbocycles. The van der Waals surface area contributed by atoms with Gasteiger partial charge in [0.2, 0.25) is 0 Å². The lowest BCUT2D eigenvalue weighted by Crippen LogP contribution is -2.28. The zero-order valence-corrected chi connectivity index (χ0v) is 38.7. The van der Waals surface area contributed by atoms with E-state index in [1.54, 1.807) is 17.7 Å². The predicted molar refractivity (Wildman–Crippen MR) is 286 cm³/mol. The van der Waals surface area contributed by atoms with Crippen LogP contribution >= 0.6 is 0 Å². The van der Waals surface area contributed by atoms with Crippen LogP contribution < -0.4 is 5.73 Å². The number of hydrogen-bond acceptors (Lipinski definition) is 2. The summed E-state index contributed by atoms with van der Waals surface area (Å²) in [6, 6.07) is 61.7. The van der Waals surface area contributed by atoms with E-state index >= 15 is 0 Å². The number of fused-ring (bicyclic) bond motifs is 2. The van der Waals surface area contributed by atoms with Crippen LogP contribution in [0.3, 0.4) is 0 Å². The summed E-state index contributed by atoms with van der Waals surface area (Å²) in [5.74, 6) is 3.09. The van der Waals surface area contributed by atoms with E-state index in [4.69, 9.17) is 12.3 Å². The van der Waals surface area contributed by atoms with Gasteiger partial charge in [-0.1, -0.05) is 232 Å². The molecule has 6 aromatic rings. The Balaban J connectivity index is 0.000000323. The second kappa shape index (κ2) is 26.0. The highest BCUT2D eigenvalue weighted by molar-refractivity contribution is 5.98. The number of nitrogens with two attached hydrogens (primary N) is 1. The lowest BCUT2D eigenvalue weighted by Gasteiger charge is -2.37. The molecule has 0 saturated heterocycles. The largest absolute Gasteiger partial charge is 0.405 e. The third-order valence-electron chi connectivity index (χ3n) is 12.2. The van der Waals surface area contributed by atoms with Crippen LogP contribution in [0.5, 0.6) is 0 Å². The molecule has 3 aliphatic rings. The number of allylic oxidation sites excluding steroid dienone is 10. The Morgan fingerprint density at radius 1 is 0.657 bits per heavy atom. The number of aliphatic imine (C=N–C) groups is 1. The Hall–Kier alpha value is -8.13. The summed E-state index contributed by atoms with van der Waals surface area (Å²) in [5, 5.41) is 0. The van der Waals surface area contributed by atoms with Crippen LogP contribution in [0, 0.1) is 12.5 Å². The van der Waals surface area contributed by atoms with Gasteiger partial charge in [-0.3, -0.25) is 0 Å². The fourth-order valence-corrected chi connectivity index (χ4v) is 9.02. The van der Waals surface area contributed by atoms with Crippen molar-refractivity contribution in [3.63, 3.8) is 0 Å². The molecule has 0 aliphatic heterocycles. The van der Waals surface area contributed by atoms with E-state index in [9.17, 15) is 0 Å². The van der Waals surface area contributed by atoms with Gasteiger partial charge in [0.1, 0.15) is 0 Å². The van der Waals surface area contributed by atoms with Crippen molar-refractivity contribution in [2.24, 2.45) is 16.6 Å². The maximum Gasteiger partial charge on any atom is 0.0821 e. The number of nitrogens with zero attached hydrogens (tertiary/aromatic N) is 1. The van der Waals surface area contributed by atoms with E-state index in [0.29, 0.717) is 0 Å². The standard InChI is InChI=1S/C47H38N.C6H9N.2C6H6/c1-4-7-8-18-28-48-38-27-19-26-37(29-38)42-33-46-44(31-40(42)35-22-14-10-15-23-35)43-30-39(34-20-12-9-13-21-34)41(36-24-16-11-17-25-36)32-45(43)47(46,5-2)6-3;1-2-3-4-5-6-7;2*1-2-4-6-5-3-1/h1,9-17,19-26,29-32,38,42H,5-6,27,33H2,2-3H3;2-6H,1,7H2;2*1-6H/b;4-3-,6-5-;;. The summed E-state index contributed by atoms with van der Waals surface area (Å²) in [4.78, 5) is 4.64. The molecule has 3 aliphatic carbocycles. The highest BCUT2D eigenvalue weighted by Crippen LogP contribution is 2.59. The molecule has 0 spiro atoms. The molecule has 2 N–H and O–H groups in total. The van der Waals surface area contributed by atoms with E-state index < -0.39 is 0 Å². The minimum Gasteiger partial charge on any atom is -0.405 e. The van der Waals surface area contributed by atoms with Gasteiger partial charge in [-0.25, -0.2) is 4.99 Å². The molecule has 2 nitrogen and oxygen atoms in total. The fraction of sp³-hybridized carbons (Fsp3) is 0.138. The second-order valence-electron chi connectivity index (χ2n) is 16.0. The van der Waals surface area contributed by atoms with Crippen LogP contribution in [0.25, 0.3) is 33.4 Å².